The predicted octanol–water partition coefficient (Wildman–Crippen LogP) is 6.58. The largest absolute Gasteiger partial charge is 0.493 e. The van der Waals surface area contributed by atoms with Gasteiger partial charge in [-0.05, 0) is 66.8 Å². The molecule has 4 bridgehead atoms. The van der Waals surface area contributed by atoms with Gasteiger partial charge >= 0.3 is 11.9 Å². The number of methoxy groups -OCH3 is 1. The predicted molar refractivity (Wildman–Crippen MR) is 234 cm³/mol. The molecule has 6 aromatic heterocycles. The van der Waals surface area contributed by atoms with E-state index in [1.54, 1.807) is 64.4 Å². The monoisotopic (exact) mass is 860 g/mol. The van der Waals surface area contributed by atoms with E-state index in [1.807, 2.05) is 50.5 Å². The summed E-state index contributed by atoms with van der Waals surface area (Å²) in [7, 11) is 4.99. The molecule has 8 heterocycles. The minimum Gasteiger partial charge on any atom is -0.493 e. The van der Waals surface area contributed by atoms with Crippen LogP contribution in [-0.4, -0.2) is 95.4 Å². The van der Waals surface area contributed by atoms with Crippen molar-refractivity contribution in [3.63, 3.8) is 0 Å². The van der Waals surface area contributed by atoms with E-state index >= 15 is 0 Å². The van der Waals surface area contributed by atoms with E-state index in [-0.39, 0.29) is 26.4 Å². The molecule has 8 aromatic rings. The van der Waals surface area contributed by atoms with Crippen molar-refractivity contribution >= 4 is 58.0 Å². The van der Waals surface area contributed by atoms with Gasteiger partial charge in [-0.3, -0.25) is 19.9 Å². The number of esters is 2. The summed E-state index contributed by atoms with van der Waals surface area (Å²) in [5.41, 5.74) is 8.67. The Labute approximate surface area is 364 Å². The highest BCUT2D eigenvalue weighted by Gasteiger charge is 2.21. The number of nitrogens with zero attached hydrogens (tertiary/aromatic N) is 8. The molecule has 2 aliphatic rings. The summed E-state index contributed by atoms with van der Waals surface area (Å²) in [5.74, 6) is 0.617. The molecule has 10 rings (SSSR count). The second-order valence-corrected chi connectivity index (χ2v) is 15.0. The lowest BCUT2D eigenvalue weighted by molar-refractivity contribution is 0.0469. The molecule has 2 N–H and O–H groups in total. The normalized spacial score (nSPS) is 14.4. The molecule has 0 fully saturated rings. The number of benzene rings is 2. The third-order valence-corrected chi connectivity index (χ3v) is 11.0. The maximum absolute atomic E-state index is 13.9. The number of H-pyrrole nitrogens is 2. The molecule has 0 aliphatic carbocycles. The number of hydrogen-bond donors (Lipinski definition) is 2. The van der Waals surface area contributed by atoms with Crippen LogP contribution in [0, 0.1) is 0 Å². The number of carbonyl (C=O) groups is 2. The second kappa shape index (κ2) is 17.0. The first-order valence-corrected chi connectivity index (χ1v) is 20.4. The Morgan fingerprint density at radius 2 is 1.53 bits per heavy atom. The fourth-order valence-electron chi connectivity index (χ4n) is 7.62. The number of nitrogens with one attached hydrogen (secondary N) is 2. The Bertz CT molecular complexity index is 3160. The molecule has 18 nitrogen and oxygen atoms in total. The van der Waals surface area contributed by atoms with Crippen molar-refractivity contribution in [2.45, 2.75) is 19.6 Å². The average molecular weight is 861 g/mol. The SMILES string of the molecule is COC(=O)c1ccc2c(c1)OCCOCc1c(cnn1C)-c1cc3c([nH]nc3c(COC(=O)c3ccc4c(c3)/C=C/c3n[nH]c5cnc(cc35)-c3cnn(C)c3OCCCO4)n1)C=C2. The Balaban J connectivity index is 0.967. The van der Waals surface area contributed by atoms with Crippen molar-refractivity contribution in [1.82, 2.24) is 49.9 Å². The highest BCUT2D eigenvalue weighted by Crippen LogP contribution is 2.34. The minimum atomic E-state index is -0.569. The molecule has 0 saturated heterocycles. The van der Waals surface area contributed by atoms with Gasteiger partial charge in [0.1, 0.15) is 35.9 Å². The molecular formula is C46H40N10O8. The number of hydrogen-bond acceptors (Lipinski definition) is 14. The van der Waals surface area contributed by atoms with Gasteiger partial charge in [0.25, 0.3) is 0 Å². The summed E-state index contributed by atoms with van der Waals surface area (Å²) >= 11 is 0. The molecule has 2 aliphatic heterocycles. The first kappa shape index (κ1) is 40.0. The summed E-state index contributed by atoms with van der Waals surface area (Å²) in [6.07, 6.45) is 13.2. The first-order valence-electron chi connectivity index (χ1n) is 20.4. The van der Waals surface area contributed by atoms with Crippen molar-refractivity contribution < 1.29 is 38.0 Å². The molecule has 0 saturated carbocycles. The van der Waals surface area contributed by atoms with Crippen LogP contribution in [0.15, 0.2) is 67.1 Å². The quantitative estimate of drug-likeness (QED) is 0.179. The van der Waals surface area contributed by atoms with Crippen molar-refractivity contribution in [2.24, 2.45) is 14.1 Å². The third kappa shape index (κ3) is 7.70. The lowest BCUT2D eigenvalue weighted by Crippen LogP contribution is -2.11. The standard InChI is InChI=1S/C46H40N10O8/c1-55-40-25-60-15-16-62-42-18-29(45(57)59-3)6-5-26(42)7-10-35-31-20-37(32(40)21-48-55)50-39(43(31)54-52-35)24-64-46(58)28-9-12-41-27(17-28)8-11-34-30-19-36(47-23-38(30)53-51-34)33-22-49-56(2)44(33)63-14-4-13-61-41/h5-12,17-23H,4,13-16,24-25H2,1-3H3,(H,51,53)(H,52,54)/b10-7?,11-8+. The van der Waals surface area contributed by atoms with Gasteiger partial charge in [0.15, 0.2) is 0 Å². The fraction of sp³-hybridized carbons (Fsp3) is 0.217. The van der Waals surface area contributed by atoms with E-state index < -0.39 is 11.9 Å². The van der Waals surface area contributed by atoms with Crippen molar-refractivity contribution in [1.29, 1.82) is 0 Å². The lowest BCUT2D eigenvalue weighted by atomic mass is 10.1. The molecule has 2 aromatic carbocycles. The Hall–Kier alpha value is -8.12. The zero-order chi connectivity index (χ0) is 43.7. The number of aromatic nitrogens is 10. The molecule has 0 amide bonds. The molecule has 0 unspecified atom stereocenters. The molecular weight excluding hydrogens is 821 g/mol. The van der Waals surface area contributed by atoms with Crippen LogP contribution >= 0.6 is 0 Å². The van der Waals surface area contributed by atoms with E-state index in [9.17, 15) is 9.59 Å². The smallest absolute Gasteiger partial charge is 0.338 e. The number of aromatic amines is 2. The van der Waals surface area contributed by atoms with Crippen LogP contribution in [0.1, 0.15) is 61.0 Å². The van der Waals surface area contributed by atoms with Crippen molar-refractivity contribution in [3.8, 4) is 39.9 Å². The van der Waals surface area contributed by atoms with Gasteiger partial charge in [-0.2, -0.15) is 20.4 Å². The van der Waals surface area contributed by atoms with Gasteiger partial charge in [0, 0.05) is 48.0 Å². The van der Waals surface area contributed by atoms with E-state index in [0.29, 0.717) is 87.7 Å². The van der Waals surface area contributed by atoms with Gasteiger partial charge in [-0.15, -0.1) is 0 Å². The summed E-state index contributed by atoms with van der Waals surface area (Å²) in [5, 5.41) is 25.8. The highest BCUT2D eigenvalue weighted by atomic mass is 16.5. The van der Waals surface area contributed by atoms with E-state index in [1.165, 1.54) is 7.11 Å². The Morgan fingerprint density at radius 3 is 2.44 bits per heavy atom. The van der Waals surface area contributed by atoms with Crippen LogP contribution in [0.25, 0.3) is 68.6 Å². The fourth-order valence-corrected chi connectivity index (χ4v) is 7.62. The Kier molecular flexibility index (Phi) is 10.6. The van der Waals surface area contributed by atoms with E-state index in [0.717, 1.165) is 38.7 Å². The average Bonchev–Trinajstić information content (AvgIpc) is 4.11. The summed E-state index contributed by atoms with van der Waals surface area (Å²) in [4.78, 5) is 35.9. The second-order valence-electron chi connectivity index (χ2n) is 15.0. The number of fused-ring (bicyclic) bond motifs is 8. The number of carbonyl (C=O) groups excluding carboxylic acids is 2. The molecule has 322 valence electrons. The molecule has 0 radical (unpaired) electrons. The first-order chi connectivity index (χ1) is 31.3. The number of pyridine rings is 2. The topological polar surface area (TPSA) is 208 Å². The van der Waals surface area contributed by atoms with Crippen molar-refractivity contribution in [2.75, 3.05) is 33.5 Å². The number of ether oxygens (including phenoxy) is 6. The van der Waals surface area contributed by atoms with Gasteiger partial charge in [0.2, 0.25) is 5.88 Å². The molecule has 64 heavy (non-hydrogen) atoms. The Morgan fingerprint density at radius 1 is 0.734 bits per heavy atom. The third-order valence-electron chi connectivity index (χ3n) is 11.0. The van der Waals surface area contributed by atoms with Gasteiger partial charge in [-0.1, -0.05) is 6.07 Å². The minimum absolute atomic E-state index is 0.187. The van der Waals surface area contributed by atoms with Crippen LogP contribution in [0.5, 0.6) is 17.4 Å². The van der Waals surface area contributed by atoms with Crippen LogP contribution in [0.4, 0.5) is 0 Å². The highest BCUT2D eigenvalue weighted by molar-refractivity contribution is 5.96. The van der Waals surface area contributed by atoms with E-state index in [4.69, 9.17) is 33.4 Å². The van der Waals surface area contributed by atoms with Crippen LogP contribution in [0.2, 0.25) is 0 Å². The van der Waals surface area contributed by atoms with Crippen LogP contribution in [0.3, 0.4) is 0 Å². The zero-order valence-corrected chi connectivity index (χ0v) is 35.0. The summed E-state index contributed by atoms with van der Waals surface area (Å²) < 4.78 is 38.9. The summed E-state index contributed by atoms with van der Waals surface area (Å²) in [6.45, 7) is 1.26. The maximum Gasteiger partial charge on any atom is 0.338 e. The number of aryl methyl sites for hydroxylation is 2. The summed E-state index contributed by atoms with van der Waals surface area (Å²) in [6, 6.07) is 14.1. The number of rotatable bonds is 4. The molecule has 0 spiro atoms. The van der Waals surface area contributed by atoms with Gasteiger partial charge in [0.05, 0.1) is 103 Å². The van der Waals surface area contributed by atoms with Gasteiger partial charge in [-0.25, -0.2) is 19.3 Å². The van der Waals surface area contributed by atoms with Crippen LogP contribution in [-0.2, 0) is 41.5 Å². The van der Waals surface area contributed by atoms with Gasteiger partial charge < -0.3 is 28.4 Å². The van der Waals surface area contributed by atoms with E-state index in [2.05, 4.69) is 35.6 Å². The lowest BCUT2D eigenvalue weighted by Gasteiger charge is -2.13. The maximum atomic E-state index is 13.9. The van der Waals surface area contributed by atoms with Crippen LogP contribution < -0.4 is 14.2 Å². The zero-order valence-electron chi connectivity index (χ0n) is 35.0. The molecule has 18 heteroatoms. The molecule has 0 atom stereocenters. The van der Waals surface area contributed by atoms with Crippen molar-refractivity contribution in [3.05, 3.63) is 112 Å².